The third kappa shape index (κ3) is 2.94. The Hall–Kier alpha value is -0.550. The Kier molecular flexibility index (Phi) is 4.56. The number of hydrogen-bond donors (Lipinski definition) is 1. The van der Waals surface area contributed by atoms with E-state index in [1.807, 2.05) is 0 Å². The number of amides is 1. The second kappa shape index (κ2) is 6.16. The van der Waals surface area contributed by atoms with Gasteiger partial charge in [-0.2, -0.15) is 0 Å². The Bertz CT molecular complexity index is 475. The molecular formula is C17H28N2O2S. The minimum absolute atomic E-state index is 0. The van der Waals surface area contributed by atoms with Gasteiger partial charge in [0.2, 0.25) is 5.91 Å². The lowest BCUT2D eigenvalue weighted by Crippen LogP contribution is -2.35. The maximum atomic E-state index is 12.4. The van der Waals surface area contributed by atoms with Crippen molar-refractivity contribution in [1.82, 2.24) is 5.32 Å². The van der Waals surface area contributed by atoms with Gasteiger partial charge in [0, 0.05) is 13.2 Å². The summed E-state index contributed by atoms with van der Waals surface area (Å²) in [6, 6.07) is 0.462. The van der Waals surface area contributed by atoms with Crippen molar-refractivity contribution in [2.24, 2.45) is 22.7 Å². The van der Waals surface area contributed by atoms with Crippen LogP contribution >= 0.6 is 11.8 Å². The van der Waals surface area contributed by atoms with Crippen molar-refractivity contribution in [2.75, 3.05) is 13.2 Å². The predicted molar refractivity (Wildman–Crippen MR) is 91.1 cm³/mol. The van der Waals surface area contributed by atoms with E-state index in [-0.39, 0.29) is 18.1 Å². The summed E-state index contributed by atoms with van der Waals surface area (Å²) in [6.45, 7) is 3.72. The summed E-state index contributed by atoms with van der Waals surface area (Å²) in [7, 11) is 0. The second-order valence-electron chi connectivity index (χ2n) is 7.40. The Morgan fingerprint density at radius 1 is 1.36 bits per heavy atom. The monoisotopic (exact) mass is 324 g/mol. The number of ether oxygens (including phenoxy) is 1. The fourth-order valence-electron chi connectivity index (χ4n) is 4.52. The number of rotatable bonds is 3. The molecule has 4 aliphatic rings. The van der Waals surface area contributed by atoms with Gasteiger partial charge < -0.3 is 10.1 Å². The van der Waals surface area contributed by atoms with Crippen molar-refractivity contribution in [3.8, 4) is 0 Å². The maximum absolute atomic E-state index is 12.4. The summed E-state index contributed by atoms with van der Waals surface area (Å²) in [6.07, 6.45) is 7.31. The number of nitrogens with one attached hydrogen (secondary N) is 1. The summed E-state index contributed by atoms with van der Waals surface area (Å²) < 4.78 is 5.09. The van der Waals surface area contributed by atoms with Gasteiger partial charge in [0.15, 0.2) is 5.17 Å². The molecule has 2 saturated carbocycles. The molecule has 1 N–H and O–H groups in total. The zero-order valence-electron chi connectivity index (χ0n) is 12.6. The second-order valence-corrected chi connectivity index (χ2v) is 8.89. The van der Waals surface area contributed by atoms with Gasteiger partial charge in [0.1, 0.15) is 0 Å². The SMILES string of the molecule is C.CC1(CC2CCOC2)SC(=NC2CC3CCC2C3)NC1=O. The third-order valence-electron chi connectivity index (χ3n) is 5.71. The van der Waals surface area contributed by atoms with Crippen molar-refractivity contribution in [3.05, 3.63) is 0 Å². The highest BCUT2D eigenvalue weighted by atomic mass is 32.2. The number of hydrogen-bond acceptors (Lipinski definition) is 4. The van der Waals surface area contributed by atoms with E-state index in [0.29, 0.717) is 12.0 Å². The van der Waals surface area contributed by atoms with E-state index in [1.54, 1.807) is 11.8 Å². The Morgan fingerprint density at radius 3 is 2.86 bits per heavy atom. The lowest BCUT2D eigenvalue weighted by molar-refractivity contribution is -0.121. The number of fused-ring (bicyclic) bond motifs is 2. The molecule has 1 amide bonds. The van der Waals surface area contributed by atoms with Crippen LogP contribution in [0.25, 0.3) is 0 Å². The van der Waals surface area contributed by atoms with E-state index >= 15 is 0 Å². The van der Waals surface area contributed by atoms with E-state index in [9.17, 15) is 4.79 Å². The minimum atomic E-state index is -0.352. The molecule has 2 bridgehead atoms. The van der Waals surface area contributed by atoms with Gasteiger partial charge in [0.25, 0.3) is 0 Å². The Labute approximate surface area is 137 Å². The average Bonchev–Trinajstić information content (AvgIpc) is 3.17. The molecule has 5 unspecified atom stereocenters. The van der Waals surface area contributed by atoms with Gasteiger partial charge in [-0.1, -0.05) is 25.6 Å². The van der Waals surface area contributed by atoms with Crippen LogP contribution in [0, 0.1) is 17.8 Å². The molecule has 4 fully saturated rings. The molecule has 5 atom stereocenters. The normalized spacial score (nSPS) is 45.3. The fourth-order valence-corrected chi connectivity index (χ4v) is 5.74. The molecule has 0 aromatic heterocycles. The van der Waals surface area contributed by atoms with Crippen LogP contribution in [-0.2, 0) is 9.53 Å². The molecule has 4 nitrogen and oxygen atoms in total. The molecule has 2 heterocycles. The van der Waals surface area contributed by atoms with Gasteiger partial charge in [-0.3, -0.25) is 9.79 Å². The number of carbonyl (C=O) groups excluding carboxylic acids is 1. The van der Waals surface area contributed by atoms with Crippen molar-refractivity contribution in [2.45, 2.75) is 63.7 Å². The molecule has 2 saturated heterocycles. The molecule has 0 radical (unpaired) electrons. The summed E-state index contributed by atoms with van der Waals surface area (Å²) >= 11 is 1.66. The molecule has 0 aromatic rings. The van der Waals surface area contributed by atoms with Crippen LogP contribution in [0.3, 0.4) is 0 Å². The van der Waals surface area contributed by atoms with E-state index in [1.165, 1.54) is 25.7 Å². The first-order valence-electron chi connectivity index (χ1n) is 8.28. The summed E-state index contributed by atoms with van der Waals surface area (Å²) in [4.78, 5) is 17.3. The van der Waals surface area contributed by atoms with Crippen LogP contribution in [0.15, 0.2) is 4.99 Å². The molecule has 5 heteroatoms. The van der Waals surface area contributed by atoms with Gasteiger partial charge >= 0.3 is 0 Å². The lowest BCUT2D eigenvalue weighted by Gasteiger charge is -2.22. The van der Waals surface area contributed by atoms with Crippen molar-refractivity contribution >= 4 is 22.8 Å². The van der Waals surface area contributed by atoms with E-state index < -0.39 is 0 Å². The molecule has 2 aliphatic heterocycles. The van der Waals surface area contributed by atoms with Gasteiger partial charge in [-0.05, 0) is 56.8 Å². The van der Waals surface area contributed by atoms with Crippen molar-refractivity contribution < 1.29 is 9.53 Å². The number of thioether (sulfide) groups is 1. The van der Waals surface area contributed by atoms with Gasteiger partial charge in [-0.25, -0.2) is 0 Å². The standard InChI is InChI=1S/C16H24N2O2S.CH4/c1-16(8-11-4-5-20-9-11)14(19)18-15(21-16)17-13-7-10-2-3-12(13)6-10;/h10-13H,2-9H2,1H3,(H,17,18,19);1H4. The average molecular weight is 324 g/mol. The van der Waals surface area contributed by atoms with Crippen LogP contribution in [0.4, 0.5) is 0 Å². The highest BCUT2D eigenvalue weighted by molar-refractivity contribution is 8.16. The summed E-state index contributed by atoms with van der Waals surface area (Å²) in [5.74, 6) is 2.33. The first-order chi connectivity index (χ1) is 10.1. The highest BCUT2D eigenvalue weighted by Crippen LogP contribution is 2.47. The topological polar surface area (TPSA) is 50.7 Å². The third-order valence-corrected chi connectivity index (χ3v) is 6.91. The quantitative estimate of drug-likeness (QED) is 0.867. The highest BCUT2D eigenvalue weighted by Gasteiger charge is 2.46. The van der Waals surface area contributed by atoms with Gasteiger partial charge in [0.05, 0.1) is 10.8 Å². The summed E-state index contributed by atoms with van der Waals surface area (Å²) in [5.41, 5.74) is 0. The lowest BCUT2D eigenvalue weighted by atomic mass is 9.94. The Morgan fingerprint density at radius 2 is 2.23 bits per heavy atom. The molecule has 0 aromatic carbocycles. The van der Waals surface area contributed by atoms with E-state index in [4.69, 9.17) is 9.73 Å². The van der Waals surface area contributed by atoms with Crippen LogP contribution in [0.5, 0.6) is 0 Å². The largest absolute Gasteiger partial charge is 0.381 e. The zero-order valence-corrected chi connectivity index (χ0v) is 13.5. The minimum Gasteiger partial charge on any atom is -0.381 e. The number of aliphatic imine (C=N–C) groups is 1. The molecule has 22 heavy (non-hydrogen) atoms. The Balaban J connectivity index is 0.00000144. The van der Waals surface area contributed by atoms with Crippen LogP contribution in [0.2, 0.25) is 0 Å². The van der Waals surface area contributed by atoms with Crippen LogP contribution in [0.1, 0.15) is 52.9 Å². The molecule has 0 spiro atoms. The van der Waals surface area contributed by atoms with Crippen LogP contribution in [-0.4, -0.2) is 35.1 Å². The summed E-state index contributed by atoms with van der Waals surface area (Å²) in [5, 5.41) is 3.91. The molecular weight excluding hydrogens is 296 g/mol. The van der Waals surface area contributed by atoms with Gasteiger partial charge in [-0.15, -0.1) is 0 Å². The van der Waals surface area contributed by atoms with E-state index in [0.717, 1.165) is 43.1 Å². The van der Waals surface area contributed by atoms with Crippen molar-refractivity contribution in [1.29, 1.82) is 0 Å². The van der Waals surface area contributed by atoms with E-state index in [2.05, 4.69) is 12.2 Å². The fraction of sp³-hybridized carbons (Fsp3) is 0.882. The smallest absolute Gasteiger partial charge is 0.242 e. The number of nitrogens with zero attached hydrogens (tertiary/aromatic N) is 1. The number of carbonyl (C=O) groups is 1. The molecule has 2 aliphatic carbocycles. The van der Waals surface area contributed by atoms with Crippen molar-refractivity contribution in [3.63, 3.8) is 0 Å². The first kappa shape index (κ1) is 16.3. The zero-order chi connectivity index (χ0) is 14.4. The first-order valence-corrected chi connectivity index (χ1v) is 9.10. The number of amidine groups is 1. The molecule has 124 valence electrons. The predicted octanol–water partition coefficient (Wildman–Crippen LogP) is 3.22. The van der Waals surface area contributed by atoms with Crippen LogP contribution < -0.4 is 5.32 Å². The maximum Gasteiger partial charge on any atom is 0.242 e. The molecule has 4 rings (SSSR count).